The molecule has 5 rings (SSSR count). The molecule has 0 saturated carbocycles. The first-order valence-corrected chi connectivity index (χ1v) is 9.44. The van der Waals surface area contributed by atoms with Crippen molar-refractivity contribution in [2.75, 3.05) is 5.73 Å². The van der Waals surface area contributed by atoms with Crippen LogP contribution in [0.4, 0.5) is 19.0 Å². The molecule has 32 heavy (non-hydrogen) atoms. The monoisotopic (exact) mass is 439 g/mol. The van der Waals surface area contributed by atoms with E-state index in [1.165, 1.54) is 24.8 Å². The first kappa shape index (κ1) is 21.0. The summed E-state index contributed by atoms with van der Waals surface area (Å²) in [4.78, 5) is 31.2. The van der Waals surface area contributed by atoms with Crippen LogP contribution < -0.4 is 11.3 Å². The van der Waals surface area contributed by atoms with Gasteiger partial charge in [0.25, 0.3) is 5.56 Å². The fraction of sp³-hybridized carbons (Fsp3) is 0.0952. The minimum atomic E-state index is -0.803. The summed E-state index contributed by atoms with van der Waals surface area (Å²) in [6.07, 6.45) is 3.30. The molecule has 0 aliphatic carbocycles. The Bertz CT molecular complexity index is 1480. The number of nitrogens with zero attached hydrogens (tertiary/aromatic N) is 5. The predicted molar refractivity (Wildman–Crippen MR) is 113 cm³/mol. The van der Waals surface area contributed by atoms with E-state index in [9.17, 15) is 18.0 Å². The van der Waals surface area contributed by atoms with E-state index < -0.39 is 23.0 Å². The highest BCUT2D eigenvalue weighted by Crippen LogP contribution is 2.17. The van der Waals surface area contributed by atoms with Crippen LogP contribution in [0.1, 0.15) is 12.7 Å². The van der Waals surface area contributed by atoms with Crippen molar-refractivity contribution in [1.82, 2.24) is 29.5 Å². The van der Waals surface area contributed by atoms with Crippen LogP contribution in [0.15, 0.2) is 53.8 Å². The summed E-state index contributed by atoms with van der Waals surface area (Å²) in [5.41, 5.74) is 6.59. The maximum absolute atomic E-state index is 13.4. The molecule has 0 fully saturated rings. The summed E-state index contributed by atoms with van der Waals surface area (Å²) < 4.78 is 41.3. The van der Waals surface area contributed by atoms with Gasteiger partial charge in [-0.05, 0) is 30.3 Å². The van der Waals surface area contributed by atoms with E-state index in [4.69, 9.17) is 5.73 Å². The number of hydrogen-bond donors (Lipinski definition) is 2. The van der Waals surface area contributed by atoms with Crippen molar-refractivity contribution in [1.29, 1.82) is 0 Å². The number of fused-ring (bicyclic) bond motifs is 2. The lowest BCUT2D eigenvalue weighted by atomic mass is 10.2. The van der Waals surface area contributed by atoms with Crippen molar-refractivity contribution in [3.63, 3.8) is 0 Å². The van der Waals surface area contributed by atoms with Crippen LogP contribution in [0.3, 0.4) is 0 Å². The lowest BCUT2D eigenvalue weighted by molar-refractivity contribution is 0.580. The van der Waals surface area contributed by atoms with E-state index in [0.29, 0.717) is 40.8 Å². The van der Waals surface area contributed by atoms with E-state index in [-0.39, 0.29) is 11.1 Å². The minimum Gasteiger partial charge on any atom is -0.382 e. The van der Waals surface area contributed by atoms with E-state index in [1.54, 1.807) is 6.92 Å². The molecule has 5 aromatic rings. The number of halogens is 3. The van der Waals surface area contributed by atoms with Crippen LogP contribution in [0.5, 0.6) is 0 Å². The fourth-order valence-electron chi connectivity index (χ4n) is 3.16. The minimum absolute atomic E-state index is 0.0259. The lowest BCUT2D eigenvalue weighted by Gasteiger charge is -2.12. The number of aromatic amines is 1. The van der Waals surface area contributed by atoms with Gasteiger partial charge in [0.1, 0.15) is 35.1 Å². The van der Waals surface area contributed by atoms with Gasteiger partial charge in [-0.2, -0.15) is 0 Å². The molecule has 11 heteroatoms. The van der Waals surface area contributed by atoms with Gasteiger partial charge < -0.3 is 10.7 Å². The van der Waals surface area contributed by atoms with Crippen molar-refractivity contribution in [2.45, 2.75) is 13.3 Å². The van der Waals surface area contributed by atoms with Crippen LogP contribution >= 0.6 is 0 Å². The zero-order chi connectivity index (χ0) is 22.8. The van der Waals surface area contributed by atoms with E-state index >= 15 is 0 Å². The van der Waals surface area contributed by atoms with Crippen molar-refractivity contribution in [3.05, 3.63) is 82.7 Å². The molecule has 3 heterocycles. The summed E-state index contributed by atoms with van der Waals surface area (Å²) in [6, 6.07) is 6.47. The number of anilines is 1. The van der Waals surface area contributed by atoms with Gasteiger partial charge in [-0.1, -0.05) is 6.92 Å². The van der Waals surface area contributed by atoms with Crippen LogP contribution in [0.25, 0.3) is 27.8 Å². The number of H-pyrrole nitrogens is 1. The molecule has 0 bridgehead atoms. The van der Waals surface area contributed by atoms with Crippen molar-refractivity contribution in [2.24, 2.45) is 0 Å². The Kier molecular flexibility index (Phi) is 5.54. The van der Waals surface area contributed by atoms with Gasteiger partial charge in [-0.15, -0.1) is 0 Å². The van der Waals surface area contributed by atoms with Gasteiger partial charge in [-0.25, -0.2) is 33.1 Å². The number of nitrogen functional groups attached to an aromatic ring is 1. The average molecular weight is 439 g/mol. The largest absolute Gasteiger partial charge is 0.382 e. The molecule has 0 spiro atoms. The Morgan fingerprint density at radius 2 is 1.75 bits per heavy atom. The molecular formula is C21H16F3N7O. The maximum atomic E-state index is 13.4. The number of benzene rings is 2. The molecule has 2 aromatic carbocycles. The third-order valence-electron chi connectivity index (χ3n) is 4.57. The molecule has 3 N–H and O–H groups in total. The number of imidazole rings is 1. The molecule has 8 nitrogen and oxygen atoms in total. The zero-order valence-corrected chi connectivity index (χ0v) is 16.7. The molecule has 3 aromatic heterocycles. The summed E-state index contributed by atoms with van der Waals surface area (Å²) in [5.74, 6) is -1.41. The highest BCUT2D eigenvalue weighted by Gasteiger charge is 2.14. The highest BCUT2D eigenvalue weighted by atomic mass is 19.1. The Hall–Kier alpha value is -4.28. The molecular weight excluding hydrogens is 423 g/mol. The lowest BCUT2D eigenvalue weighted by Crippen LogP contribution is -2.24. The van der Waals surface area contributed by atoms with E-state index in [0.717, 1.165) is 22.8 Å². The SMILES string of the molecule is CCc1nc2ccc(F)cc2c(=O)n1-c1cc(F)cc(F)c1.Nc1ncnc2nc[nH]c12. The summed E-state index contributed by atoms with van der Waals surface area (Å²) in [6.45, 7) is 1.77. The number of nitrogens with one attached hydrogen (secondary N) is 1. The van der Waals surface area contributed by atoms with Gasteiger partial charge >= 0.3 is 0 Å². The topological polar surface area (TPSA) is 115 Å². The summed E-state index contributed by atoms with van der Waals surface area (Å²) >= 11 is 0. The number of nitrogens with two attached hydrogens (primary N) is 1. The number of hydrogen-bond acceptors (Lipinski definition) is 6. The normalized spacial score (nSPS) is 10.9. The van der Waals surface area contributed by atoms with Crippen molar-refractivity contribution in [3.8, 4) is 5.69 Å². The summed E-state index contributed by atoms with van der Waals surface area (Å²) in [5, 5.41) is 0.0573. The Morgan fingerprint density at radius 1 is 1.00 bits per heavy atom. The Morgan fingerprint density at radius 3 is 2.44 bits per heavy atom. The summed E-state index contributed by atoms with van der Waals surface area (Å²) in [7, 11) is 0. The molecule has 0 unspecified atom stereocenters. The second-order valence-electron chi connectivity index (χ2n) is 6.67. The van der Waals surface area contributed by atoms with Gasteiger partial charge in [-0.3, -0.25) is 9.36 Å². The predicted octanol–water partition coefficient (Wildman–Crippen LogP) is 3.30. The second kappa shape index (κ2) is 8.46. The smallest absolute Gasteiger partial charge is 0.266 e. The third kappa shape index (κ3) is 4.00. The van der Waals surface area contributed by atoms with E-state index in [1.807, 2.05) is 0 Å². The van der Waals surface area contributed by atoms with Gasteiger partial charge in [0.05, 0.1) is 22.9 Å². The quantitative estimate of drug-likeness (QED) is 0.436. The first-order chi connectivity index (χ1) is 15.4. The van der Waals surface area contributed by atoms with Gasteiger partial charge in [0.15, 0.2) is 11.5 Å². The van der Waals surface area contributed by atoms with Crippen LogP contribution in [0.2, 0.25) is 0 Å². The average Bonchev–Trinajstić information content (AvgIpc) is 3.24. The number of aromatic nitrogens is 6. The number of rotatable bonds is 2. The second-order valence-corrected chi connectivity index (χ2v) is 6.67. The third-order valence-corrected chi connectivity index (χ3v) is 4.57. The Balaban J connectivity index is 0.000000203. The molecule has 0 aliphatic rings. The zero-order valence-electron chi connectivity index (χ0n) is 16.7. The Labute approximate surface area is 178 Å². The van der Waals surface area contributed by atoms with Crippen LogP contribution in [0, 0.1) is 17.5 Å². The van der Waals surface area contributed by atoms with Crippen LogP contribution in [-0.4, -0.2) is 29.5 Å². The maximum Gasteiger partial charge on any atom is 0.266 e. The molecule has 162 valence electrons. The van der Waals surface area contributed by atoms with Crippen molar-refractivity contribution >= 4 is 27.9 Å². The highest BCUT2D eigenvalue weighted by molar-refractivity contribution is 5.80. The standard InChI is InChI=1S/C16H11F3N2O.C5H5N5/c1-2-15-20-14-4-3-9(17)8-13(14)16(22)21(15)12-6-10(18)5-11(19)7-12;6-4-3-5(9-1-7-3)10-2-8-4/h3-8H,2H2,1H3;1-2H,(H3,6,7,8,9,10). The van der Waals surface area contributed by atoms with E-state index in [2.05, 4.69) is 24.9 Å². The molecule has 0 atom stereocenters. The number of aryl methyl sites for hydroxylation is 1. The van der Waals surface area contributed by atoms with Crippen LogP contribution in [-0.2, 0) is 6.42 Å². The molecule has 0 aliphatic heterocycles. The first-order valence-electron chi connectivity index (χ1n) is 9.44. The molecule has 0 radical (unpaired) electrons. The fourth-order valence-corrected chi connectivity index (χ4v) is 3.16. The van der Waals surface area contributed by atoms with Gasteiger partial charge in [0.2, 0.25) is 0 Å². The molecule has 0 amide bonds. The molecule has 0 saturated heterocycles. The van der Waals surface area contributed by atoms with Gasteiger partial charge in [0, 0.05) is 12.5 Å². The van der Waals surface area contributed by atoms with Crippen molar-refractivity contribution < 1.29 is 13.2 Å².